The van der Waals surface area contributed by atoms with E-state index in [0.29, 0.717) is 5.54 Å². The van der Waals surface area contributed by atoms with Crippen LogP contribution in [0.4, 0.5) is 5.69 Å². The van der Waals surface area contributed by atoms with Gasteiger partial charge in [0.25, 0.3) is 0 Å². The first-order valence-electron chi connectivity index (χ1n) is 6.97. The monoisotopic (exact) mass is 241 g/mol. The number of nitrogens with zero attached hydrogens (tertiary/aromatic N) is 1. The first kappa shape index (κ1) is 10.6. The highest BCUT2D eigenvalue weighted by Gasteiger charge is 2.40. The minimum atomic E-state index is 0.290. The molecular formula is C15H19N3. The highest BCUT2D eigenvalue weighted by molar-refractivity contribution is 5.86. The molecule has 3 aliphatic heterocycles. The third-order valence-corrected chi connectivity index (χ3v) is 4.72. The Morgan fingerprint density at radius 1 is 1.28 bits per heavy atom. The topological polar surface area (TPSA) is 36.4 Å². The van der Waals surface area contributed by atoms with Crippen molar-refractivity contribution in [1.82, 2.24) is 5.32 Å². The Labute approximate surface area is 108 Å². The largest absolute Gasteiger partial charge is 0.378 e. The van der Waals surface area contributed by atoms with Crippen LogP contribution >= 0.6 is 0 Å². The van der Waals surface area contributed by atoms with Gasteiger partial charge in [-0.1, -0.05) is 6.07 Å². The Morgan fingerprint density at radius 2 is 2.17 bits per heavy atom. The fraction of sp³-hybridized carbons (Fsp3) is 0.533. The molecule has 4 aliphatic rings. The third kappa shape index (κ3) is 1.65. The minimum absolute atomic E-state index is 0.290. The molecule has 1 saturated carbocycles. The maximum Gasteiger partial charge on any atom is 0.0646 e. The molecule has 0 unspecified atom stereocenters. The molecule has 94 valence electrons. The van der Waals surface area contributed by atoms with E-state index in [1.807, 2.05) is 6.21 Å². The van der Waals surface area contributed by atoms with Gasteiger partial charge in [0.05, 0.1) is 6.54 Å². The Hall–Kier alpha value is -1.35. The second kappa shape index (κ2) is 3.82. The van der Waals surface area contributed by atoms with Gasteiger partial charge in [-0.05, 0) is 48.9 Å². The van der Waals surface area contributed by atoms with Crippen LogP contribution in [0.2, 0.25) is 0 Å². The summed E-state index contributed by atoms with van der Waals surface area (Å²) in [6.45, 7) is 1.97. The number of nitrogens with one attached hydrogen (secondary N) is 2. The van der Waals surface area contributed by atoms with Gasteiger partial charge in [-0.3, -0.25) is 4.99 Å². The first-order valence-corrected chi connectivity index (χ1v) is 6.97. The summed E-state index contributed by atoms with van der Waals surface area (Å²) in [4.78, 5) is 4.32. The van der Waals surface area contributed by atoms with Crippen LogP contribution in [0.3, 0.4) is 0 Å². The molecule has 18 heavy (non-hydrogen) atoms. The number of fused-ring (bicyclic) bond motifs is 4. The van der Waals surface area contributed by atoms with E-state index >= 15 is 0 Å². The van der Waals surface area contributed by atoms with Crippen LogP contribution in [0.1, 0.15) is 36.8 Å². The van der Waals surface area contributed by atoms with E-state index in [-0.39, 0.29) is 0 Å². The lowest BCUT2D eigenvalue weighted by molar-refractivity contribution is 0.193. The number of anilines is 1. The highest BCUT2D eigenvalue weighted by Crippen LogP contribution is 2.36. The summed E-state index contributed by atoms with van der Waals surface area (Å²) in [5, 5.41) is 7.43. The van der Waals surface area contributed by atoms with Crippen molar-refractivity contribution in [3.63, 3.8) is 0 Å². The Morgan fingerprint density at radius 3 is 2.94 bits per heavy atom. The van der Waals surface area contributed by atoms with Crippen molar-refractivity contribution in [3.8, 4) is 0 Å². The highest BCUT2D eigenvalue weighted by atomic mass is 15.1. The average Bonchev–Trinajstić information content (AvgIpc) is 2.88. The molecule has 2 saturated heterocycles. The van der Waals surface area contributed by atoms with E-state index in [1.54, 1.807) is 0 Å². The molecule has 3 nitrogen and oxygen atoms in total. The van der Waals surface area contributed by atoms with E-state index < -0.39 is 0 Å². The van der Waals surface area contributed by atoms with Gasteiger partial charge < -0.3 is 10.6 Å². The van der Waals surface area contributed by atoms with Gasteiger partial charge in [0, 0.05) is 30.0 Å². The zero-order chi connectivity index (χ0) is 12.0. The van der Waals surface area contributed by atoms with E-state index in [2.05, 4.69) is 33.8 Å². The van der Waals surface area contributed by atoms with Gasteiger partial charge in [-0.2, -0.15) is 0 Å². The van der Waals surface area contributed by atoms with Gasteiger partial charge in [0.2, 0.25) is 0 Å². The number of rotatable bonds is 2. The lowest BCUT2D eigenvalue weighted by atomic mass is 9.75. The van der Waals surface area contributed by atoms with Crippen LogP contribution in [0.5, 0.6) is 0 Å². The van der Waals surface area contributed by atoms with Gasteiger partial charge in [-0.15, -0.1) is 0 Å². The zero-order valence-corrected chi connectivity index (χ0v) is 10.6. The van der Waals surface area contributed by atoms with Crippen molar-refractivity contribution in [2.24, 2.45) is 4.99 Å². The molecule has 2 N–H and O–H groups in total. The van der Waals surface area contributed by atoms with Crippen molar-refractivity contribution < 1.29 is 0 Å². The Bertz CT molecular complexity index is 485. The Kier molecular flexibility index (Phi) is 2.24. The van der Waals surface area contributed by atoms with Crippen molar-refractivity contribution in [3.05, 3.63) is 29.3 Å². The zero-order valence-electron chi connectivity index (χ0n) is 10.6. The van der Waals surface area contributed by atoms with E-state index in [9.17, 15) is 0 Å². The van der Waals surface area contributed by atoms with E-state index in [4.69, 9.17) is 0 Å². The van der Waals surface area contributed by atoms with Crippen molar-refractivity contribution in [2.45, 2.75) is 43.8 Å². The molecule has 0 atom stereocenters. The number of aliphatic imine (C=N–C) groups is 1. The minimum Gasteiger partial charge on any atom is -0.378 e. The quantitative estimate of drug-likeness (QED) is 0.833. The molecule has 3 heteroatoms. The van der Waals surface area contributed by atoms with Crippen LogP contribution < -0.4 is 10.6 Å². The normalized spacial score (nSPS) is 32.6. The molecule has 1 aliphatic carbocycles. The van der Waals surface area contributed by atoms with Crippen molar-refractivity contribution >= 4 is 11.9 Å². The molecule has 1 aromatic carbocycles. The van der Waals surface area contributed by atoms with Crippen molar-refractivity contribution in [2.75, 3.05) is 11.9 Å². The predicted octanol–water partition coefficient (Wildman–Crippen LogP) is 2.32. The number of hydrogen-bond donors (Lipinski definition) is 2. The Balaban J connectivity index is 1.59. The molecule has 5 rings (SSSR count). The average molecular weight is 241 g/mol. The van der Waals surface area contributed by atoms with Gasteiger partial charge in [-0.25, -0.2) is 0 Å². The van der Waals surface area contributed by atoms with E-state index in [1.165, 1.54) is 42.5 Å². The second-order valence-corrected chi connectivity index (χ2v) is 5.94. The molecular weight excluding hydrogens is 222 g/mol. The van der Waals surface area contributed by atoms with E-state index in [0.717, 1.165) is 19.1 Å². The third-order valence-electron chi connectivity index (χ3n) is 4.72. The summed E-state index contributed by atoms with van der Waals surface area (Å²) >= 11 is 0. The van der Waals surface area contributed by atoms with Crippen LogP contribution in [-0.2, 0) is 6.54 Å². The van der Waals surface area contributed by atoms with Crippen molar-refractivity contribution in [1.29, 1.82) is 0 Å². The molecule has 0 radical (unpaired) electrons. The maximum atomic E-state index is 4.32. The lowest BCUT2D eigenvalue weighted by Crippen LogP contribution is -2.59. The lowest BCUT2D eigenvalue weighted by Gasteiger charge is -2.48. The summed E-state index contributed by atoms with van der Waals surface area (Å²) in [5.41, 5.74) is 4.18. The fourth-order valence-electron chi connectivity index (χ4n) is 3.55. The molecule has 0 amide bonds. The van der Waals surface area contributed by atoms with Gasteiger partial charge >= 0.3 is 0 Å². The van der Waals surface area contributed by atoms with Crippen LogP contribution in [0, 0.1) is 0 Å². The summed E-state index contributed by atoms with van der Waals surface area (Å²) in [6.07, 6.45) is 7.23. The molecule has 2 bridgehead atoms. The molecule has 1 aromatic rings. The smallest absolute Gasteiger partial charge is 0.0646 e. The summed E-state index contributed by atoms with van der Waals surface area (Å²) < 4.78 is 0. The number of piperidine rings is 2. The molecule has 3 heterocycles. The molecule has 3 fully saturated rings. The number of benzene rings is 1. The second-order valence-electron chi connectivity index (χ2n) is 5.94. The summed E-state index contributed by atoms with van der Waals surface area (Å²) in [5.74, 6) is 0. The number of hydrogen-bond acceptors (Lipinski definition) is 3. The van der Waals surface area contributed by atoms with Gasteiger partial charge in [0.1, 0.15) is 0 Å². The maximum absolute atomic E-state index is 4.32. The van der Waals surface area contributed by atoms with Crippen LogP contribution in [-0.4, -0.2) is 24.3 Å². The van der Waals surface area contributed by atoms with Gasteiger partial charge in [0.15, 0.2) is 0 Å². The summed E-state index contributed by atoms with van der Waals surface area (Å²) in [6, 6.07) is 7.45. The van der Waals surface area contributed by atoms with Crippen LogP contribution in [0.15, 0.2) is 23.2 Å². The fourth-order valence-corrected chi connectivity index (χ4v) is 3.55. The predicted molar refractivity (Wildman–Crippen MR) is 74.4 cm³/mol. The van der Waals surface area contributed by atoms with Crippen LogP contribution in [0.25, 0.3) is 0 Å². The SMILES string of the molecule is C1=NCc2ccc(NC34CCC(CC3)NC4)cc21. The molecule has 0 aromatic heterocycles. The standard InChI is InChI=1S/C15H19N3/c1-2-14(7-12-9-16-8-11(1)12)18-15-5-3-13(4-6-15)17-10-15/h1-2,7,9,13,17-18H,3-6,8,10H2. The first-order chi connectivity index (χ1) is 8.83. The molecule has 0 spiro atoms. The summed E-state index contributed by atoms with van der Waals surface area (Å²) in [7, 11) is 0.